The molecule has 29 heavy (non-hydrogen) atoms. The molecule has 2 atom stereocenters. The normalized spacial score (nSPS) is 32.7. The van der Waals surface area contributed by atoms with Gasteiger partial charge in [0.25, 0.3) is 0 Å². The van der Waals surface area contributed by atoms with E-state index >= 15 is 0 Å². The van der Waals surface area contributed by atoms with Gasteiger partial charge in [0, 0.05) is 12.0 Å². The highest BCUT2D eigenvalue weighted by molar-refractivity contribution is 5.98. The maximum Gasteiger partial charge on any atom is 0.450 e. The molecule has 4 aliphatic carbocycles. The van der Waals surface area contributed by atoms with Crippen LogP contribution in [0.3, 0.4) is 0 Å². The van der Waals surface area contributed by atoms with Crippen LogP contribution in [0.4, 0.5) is 13.2 Å². The topological polar surface area (TPSA) is 78.9 Å². The second-order valence-corrected chi connectivity index (χ2v) is 8.66. The Bertz CT molecular complexity index is 699. The van der Waals surface area contributed by atoms with Gasteiger partial charge >= 0.3 is 18.1 Å². The lowest BCUT2D eigenvalue weighted by Gasteiger charge is -2.60. The largest absolute Gasteiger partial charge is 0.463 e. The molecule has 0 spiro atoms. The van der Waals surface area contributed by atoms with Crippen molar-refractivity contribution in [1.82, 2.24) is 0 Å². The zero-order valence-electron chi connectivity index (χ0n) is 16.3. The number of Topliss-reactive ketones (excluding diaryl/α,β-unsaturated/α-hetero) is 1. The van der Waals surface area contributed by atoms with E-state index in [1.165, 1.54) is 0 Å². The zero-order chi connectivity index (χ0) is 21.4. The van der Waals surface area contributed by atoms with Gasteiger partial charge in [0.2, 0.25) is 5.78 Å². The van der Waals surface area contributed by atoms with Crippen molar-refractivity contribution in [2.75, 3.05) is 13.2 Å². The number of hydrogen-bond donors (Lipinski definition) is 0. The lowest BCUT2D eigenvalue weighted by molar-refractivity contribution is -0.234. The van der Waals surface area contributed by atoms with Crippen LogP contribution in [0.2, 0.25) is 0 Å². The SMILES string of the molecule is C=C(C)C(=O)OC12CC3CC(CC(OCCOC(=O)CC(=O)C(F)(F)F)(C3)C1)C2. The van der Waals surface area contributed by atoms with Gasteiger partial charge in [0.05, 0.1) is 12.2 Å². The third kappa shape index (κ3) is 4.99. The summed E-state index contributed by atoms with van der Waals surface area (Å²) in [6, 6.07) is 0. The van der Waals surface area contributed by atoms with Crippen molar-refractivity contribution in [2.45, 2.75) is 69.2 Å². The molecule has 162 valence electrons. The van der Waals surface area contributed by atoms with E-state index in [1.807, 2.05) is 0 Å². The minimum atomic E-state index is -5.05. The number of ether oxygens (including phenoxy) is 3. The van der Waals surface area contributed by atoms with Gasteiger partial charge in [-0.2, -0.15) is 13.2 Å². The summed E-state index contributed by atoms with van der Waals surface area (Å²) >= 11 is 0. The van der Waals surface area contributed by atoms with E-state index < -0.39 is 41.5 Å². The molecular weight excluding hydrogens is 393 g/mol. The first-order valence-electron chi connectivity index (χ1n) is 9.70. The molecule has 4 bridgehead atoms. The Balaban J connectivity index is 1.52. The summed E-state index contributed by atoms with van der Waals surface area (Å²) in [7, 11) is 0. The van der Waals surface area contributed by atoms with Gasteiger partial charge in [-0.25, -0.2) is 4.79 Å². The Hall–Kier alpha value is -1.90. The highest BCUT2D eigenvalue weighted by Crippen LogP contribution is 2.60. The number of halogens is 3. The van der Waals surface area contributed by atoms with Gasteiger partial charge in [-0.05, 0) is 50.9 Å². The van der Waals surface area contributed by atoms with Gasteiger partial charge in [0.15, 0.2) is 0 Å². The molecule has 2 unspecified atom stereocenters. The van der Waals surface area contributed by atoms with Gasteiger partial charge in [-0.3, -0.25) is 9.59 Å². The number of esters is 2. The van der Waals surface area contributed by atoms with E-state index in [4.69, 9.17) is 14.2 Å². The number of alkyl halides is 3. The van der Waals surface area contributed by atoms with Gasteiger partial charge < -0.3 is 14.2 Å². The Morgan fingerprint density at radius 1 is 1.03 bits per heavy atom. The summed E-state index contributed by atoms with van der Waals surface area (Å²) < 4.78 is 53.1. The van der Waals surface area contributed by atoms with Crippen LogP contribution < -0.4 is 0 Å². The second-order valence-electron chi connectivity index (χ2n) is 8.66. The van der Waals surface area contributed by atoms with Crippen molar-refractivity contribution in [1.29, 1.82) is 0 Å². The first-order chi connectivity index (χ1) is 13.4. The fourth-order valence-electron chi connectivity index (χ4n) is 5.36. The van der Waals surface area contributed by atoms with Gasteiger partial charge in [0.1, 0.15) is 18.6 Å². The Morgan fingerprint density at radius 2 is 1.62 bits per heavy atom. The molecule has 0 radical (unpaired) electrons. The summed E-state index contributed by atoms with van der Waals surface area (Å²) in [5.41, 5.74) is -0.722. The minimum absolute atomic E-state index is 0.00982. The second kappa shape index (κ2) is 7.74. The number of ketones is 1. The van der Waals surface area contributed by atoms with Crippen LogP contribution in [0.1, 0.15) is 51.9 Å². The van der Waals surface area contributed by atoms with E-state index in [-0.39, 0.29) is 13.2 Å². The van der Waals surface area contributed by atoms with Crippen molar-refractivity contribution >= 4 is 17.7 Å². The highest BCUT2D eigenvalue weighted by atomic mass is 19.4. The molecule has 4 rings (SSSR count). The van der Waals surface area contributed by atoms with E-state index in [0.29, 0.717) is 23.8 Å². The predicted molar refractivity (Wildman–Crippen MR) is 93.6 cm³/mol. The monoisotopic (exact) mass is 418 g/mol. The Morgan fingerprint density at radius 3 is 2.17 bits per heavy atom. The molecule has 6 nitrogen and oxygen atoms in total. The molecule has 0 saturated heterocycles. The van der Waals surface area contributed by atoms with Crippen molar-refractivity contribution < 1.29 is 41.8 Å². The minimum Gasteiger partial charge on any atom is -0.463 e. The molecule has 4 saturated carbocycles. The molecule has 0 aromatic carbocycles. The average molecular weight is 418 g/mol. The van der Waals surface area contributed by atoms with Gasteiger partial charge in [-0.15, -0.1) is 0 Å². The van der Waals surface area contributed by atoms with Gasteiger partial charge in [-0.1, -0.05) is 6.58 Å². The molecule has 4 fully saturated rings. The third-order valence-electron chi connectivity index (χ3n) is 5.99. The first-order valence-corrected chi connectivity index (χ1v) is 9.70. The molecule has 9 heteroatoms. The highest BCUT2D eigenvalue weighted by Gasteiger charge is 2.60. The van der Waals surface area contributed by atoms with Crippen molar-refractivity contribution in [3.05, 3.63) is 12.2 Å². The van der Waals surface area contributed by atoms with Crippen LogP contribution in [0.25, 0.3) is 0 Å². The fourth-order valence-corrected chi connectivity index (χ4v) is 5.36. The van der Waals surface area contributed by atoms with Crippen LogP contribution in [0.5, 0.6) is 0 Å². The molecule has 0 aromatic rings. The Labute approximate surface area is 166 Å². The average Bonchev–Trinajstić information content (AvgIpc) is 2.56. The van der Waals surface area contributed by atoms with E-state index in [1.54, 1.807) is 6.92 Å². The van der Waals surface area contributed by atoms with Crippen molar-refractivity contribution in [2.24, 2.45) is 11.8 Å². The smallest absolute Gasteiger partial charge is 0.450 e. The van der Waals surface area contributed by atoms with E-state index in [2.05, 4.69) is 6.58 Å². The van der Waals surface area contributed by atoms with Crippen LogP contribution in [-0.2, 0) is 28.6 Å². The van der Waals surface area contributed by atoms with Crippen LogP contribution >= 0.6 is 0 Å². The maximum absolute atomic E-state index is 12.2. The molecule has 0 aromatic heterocycles. The fraction of sp³-hybridized carbons (Fsp3) is 0.750. The van der Waals surface area contributed by atoms with Crippen LogP contribution in [0, 0.1) is 11.8 Å². The maximum atomic E-state index is 12.2. The summed E-state index contributed by atoms with van der Waals surface area (Å²) in [5.74, 6) is -3.02. The van der Waals surface area contributed by atoms with E-state index in [0.717, 1.165) is 32.1 Å². The number of carbonyl (C=O) groups excluding carboxylic acids is 3. The lowest BCUT2D eigenvalue weighted by atomic mass is 9.52. The summed E-state index contributed by atoms with van der Waals surface area (Å²) in [6.45, 7) is 5.01. The molecule has 4 aliphatic rings. The molecular formula is C20H25F3O6. The molecule has 0 heterocycles. The zero-order valence-corrected chi connectivity index (χ0v) is 16.3. The summed E-state index contributed by atoms with van der Waals surface area (Å²) in [4.78, 5) is 34.3. The van der Waals surface area contributed by atoms with Crippen molar-refractivity contribution in [3.8, 4) is 0 Å². The summed E-state index contributed by atoms with van der Waals surface area (Å²) in [6.07, 6.45) is -1.56. The third-order valence-corrected chi connectivity index (χ3v) is 5.99. The van der Waals surface area contributed by atoms with Crippen LogP contribution in [0.15, 0.2) is 12.2 Å². The number of rotatable bonds is 8. The van der Waals surface area contributed by atoms with Crippen LogP contribution in [-0.4, -0.2) is 48.3 Å². The van der Waals surface area contributed by atoms with E-state index in [9.17, 15) is 27.6 Å². The molecule has 0 aliphatic heterocycles. The predicted octanol–water partition coefficient (Wildman–Crippen LogP) is 3.28. The van der Waals surface area contributed by atoms with Crippen molar-refractivity contribution in [3.63, 3.8) is 0 Å². The number of hydrogen-bond acceptors (Lipinski definition) is 6. The quantitative estimate of drug-likeness (QED) is 0.261. The Kier molecular flexibility index (Phi) is 5.82. The number of carbonyl (C=O) groups is 3. The summed E-state index contributed by atoms with van der Waals surface area (Å²) in [5, 5.41) is 0. The molecule has 0 N–H and O–H groups in total. The lowest BCUT2D eigenvalue weighted by Crippen LogP contribution is -2.61. The standard InChI is InChI=1S/C20H25F3O6/c1-12(2)17(26)29-19-9-13-5-14(10-19)8-18(7-13,11-19)28-4-3-27-16(25)6-15(24)20(21,22)23/h13-14H,1,3-11H2,2H3. The first kappa shape index (κ1) is 21.8. The molecule has 0 amide bonds.